The van der Waals surface area contributed by atoms with Crippen LogP contribution in [-0.2, 0) is 6.54 Å². The van der Waals surface area contributed by atoms with Crippen LogP contribution >= 0.6 is 0 Å². The average molecular weight is 236 g/mol. The number of aromatic nitrogens is 2. The van der Waals surface area contributed by atoms with Gasteiger partial charge in [0, 0.05) is 25.6 Å². The van der Waals surface area contributed by atoms with E-state index in [1.165, 1.54) is 38.8 Å². The Morgan fingerprint density at radius 3 is 3.06 bits per heavy atom. The molecule has 3 heterocycles. The second kappa shape index (κ2) is 4.74. The Kier molecular flexibility index (Phi) is 3.11. The number of hydrogen-bond donors (Lipinski definition) is 1. The summed E-state index contributed by atoms with van der Waals surface area (Å²) in [7, 11) is 0. The van der Waals surface area contributed by atoms with Gasteiger partial charge in [-0.3, -0.25) is 4.90 Å². The number of rotatable bonds is 3. The summed E-state index contributed by atoms with van der Waals surface area (Å²) in [4.78, 5) is 2.63. The molecule has 1 aromatic rings. The summed E-state index contributed by atoms with van der Waals surface area (Å²) in [5.74, 6) is 1.35. The van der Waals surface area contributed by atoms with Gasteiger partial charge in [-0.1, -0.05) is 6.42 Å². The van der Waals surface area contributed by atoms with Gasteiger partial charge in [-0.05, 0) is 25.8 Å². The minimum atomic E-state index is 0.600. The molecule has 1 N–H and O–H groups in total. The fraction of sp³-hybridized carbons (Fsp3) is 0.833. The SMILES string of the molecule is Cc1nnc(CNC2CCN3CCCCC23)o1. The molecule has 0 radical (unpaired) electrons. The molecule has 2 aliphatic rings. The second-order valence-corrected chi connectivity index (χ2v) is 5.09. The van der Waals surface area contributed by atoms with Crippen LogP contribution in [0.5, 0.6) is 0 Å². The van der Waals surface area contributed by atoms with Gasteiger partial charge in [-0.25, -0.2) is 0 Å². The fourth-order valence-electron chi connectivity index (χ4n) is 3.11. The van der Waals surface area contributed by atoms with Crippen molar-refractivity contribution in [2.24, 2.45) is 0 Å². The van der Waals surface area contributed by atoms with Crippen LogP contribution in [0, 0.1) is 6.92 Å². The molecular weight excluding hydrogens is 216 g/mol. The Morgan fingerprint density at radius 2 is 2.24 bits per heavy atom. The summed E-state index contributed by atoms with van der Waals surface area (Å²) in [6, 6.07) is 1.33. The van der Waals surface area contributed by atoms with Crippen molar-refractivity contribution in [3.63, 3.8) is 0 Å². The van der Waals surface area contributed by atoms with Gasteiger partial charge in [0.2, 0.25) is 11.8 Å². The van der Waals surface area contributed by atoms with E-state index in [9.17, 15) is 0 Å². The molecule has 0 bridgehead atoms. The van der Waals surface area contributed by atoms with Gasteiger partial charge in [0.15, 0.2) is 0 Å². The van der Waals surface area contributed by atoms with Crippen molar-refractivity contribution in [2.75, 3.05) is 13.1 Å². The first kappa shape index (κ1) is 11.2. The van der Waals surface area contributed by atoms with Crippen LogP contribution in [-0.4, -0.2) is 40.3 Å². The zero-order valence-electron chi connectivity index (χ0n) is 10.4. The third-order valence-corrected chi connectivity index (χ3v) is 3.94. The van der Waals surface area contributed by atoms with Crippen LogP contribution in [0.4, 0.5) is 0 Å². The van der Waals surface area contributed by atoms with Crippen LogP contribution in [0.3, 0.4) is 0 Å². The van der Waals surface area contributed by atoms with E-state index in [0.29, 0.717) is 24.4 Å². The van der Waals surface area contributed by atoms with Crippen LogP contribution in [0.25, 0.3) is 0 Å². The van der Waals surface area contributed by atoms with Crippen molar-refractivity contribution in [3.05, 3.63) is 11.8 Å². The van der Waals surface area contributed by atoms with Crippen molar-refractivity contribution < 1.29 is 4.42 Å². The lowest BCUT2D eigenvalue weighted by Gasteiger charge is -2.32. The van der Waals surface area contributed by atoms with Crippen LogP contribution in [0.2, 0.25) is 0 Å². The topological polar surface area (TPSA) is 54.2 Å². The standard InChI is InChI=1S/C12H20N4O/c1-9-14-15-12(17-9)8-13-10-5-7-16-6-3-2-4-11(10)16/h10-11,13H,2-8H2,1H3. The van der Waals surface area contributed by atoms with E-state index in [1.54, 1.807) is 0 Å². The Hall–Kier alpha value is -0.940. The smallest absolute Gasteiger partial charge is 0.230 e. The summed E-state index contributed by atoms with van der Waals surface area (Å²) in [6.07, 6.45) is 5.32. The number of hydrogen-bond acceptors (Lipinski definition) is 5. The first-order chi connectivity index (χ1) is 8.33. The quantitative estimate of drug-likeness (QED) is 0.851. The zero-order valence-corrected chi connectivity index (χ0v) is 10.4. The molecule has 2 fully saturated rings. The highest BCUT2D eigenvalue weighted by atomic mass is 16.4. The lowest BCUT2D eigenvalue weighted by Crippen LogP contribution is -2.44. The summed E-state index contributed by atoms with van der Waals surface area (Å²) in [5, 5.41) is 11.4. The van der Waals surface area contributed by atoms with Gasteiger partial charge < -0.3 is 9.73 Å². The van der Waals surface area contributed by atoms with Gasteiger partial charge in [0.1, 0.15) is 0 Å². The number of piperidine rings is 1. The van der Waals surface area contributed by atoms with Gasteiger partial charge in [0.05, 0.1) is 6.54 Å². The van der Waals surface area contributed by atoms with Crippen molar-refractivity contribution in [2.45, 2.75) is 51.2 Å². The minimum Gasteiger partial charge on any atom is -0.424 e. The molecule has 1 aromatic heterocycles. The summed E-state index contributed by atoms with van der Waals surface area (Å²) >= 11 is 0. The van der Waals surface area contributed by atoms with Crippen molar-refractivity contribution in [1.29, 1.82) is 0 Å². The lowest BCUT2D eigenvalue weighted by atomic mass is 9.99. The van der Waals surface area contributed by atoms with Crippen LogP contribution in [0.1, 0.15) is 37.5 Å². The highest BCUT2D eigenvalue weighted by Crippen LogP contribution is 2.27. The number of nitrogens with one attached hydrogen (secondary N) is 1. The van der Waals surface area contributed by atoms with Gasteiger partial charge in [0.25, 0.3) is 0 Å². The van der Waals surface area contributed by atoms with E-state index in [0.717, 1.165) is 6.04 Å². The van der Waals surface area contributed by atoms with Crippen LogP contribution < -0.4 is 5.32 Å². The van der Waals surface area contributed by atoms with Gasteiger partial charge in [-0.15, -0.1) is 10.2 Å². The molecular formula is C12H20N4O. The van der Waals surface area contributed by atoms with Gasteiger partial charge in [-0.2, -0.15) is 0 Å². The lowest BCUT2D eigenvalue weighted by molar-refractivity contribution is 0.179. The first-order valence-electron chi connectivity index (χ1n) is 6.59. The molecule has 2 atom stereocenters. The molecule has 2 unspecified atom stereocenters. The van der Waals surface area contributed by atoms with E-state index >= 15 is 0 Å². The van der Waals surface area contributed by atoms with Crippen molar-refractivity contribution >= 4 is 0 Å². The maximum atomic E-state index is 5.38. The van der Waals surface area contributed by atoms with Crippen molar-refractivity contribution in [1.82, 2.24) is 20.4 Å². The zero-order chi connectivity index (χ0) is 11.7. The molecule has 0 aliphatic carbocycles. The molecule has 0 amide bonds. The second-order valence-electron chi connectivity index (χ2n) is 5.09. The maximum absolute atomic E-state index is 5.38. The Bertz CT molecular complexity index is 378. The minimum absolute atomic E-state index is 0.600. The van der Waals surface area contributed by atoms with Crippen LogP contribution in [0.15, 0.2) is 4.42 Å². The third-order valence-electron chi connectivity index (χ3n) is 3.94. The van der Waals surface area contributed by atoms with Gasteiger partial charge >= 0.3 is 0 Å². The predicted molar refractivity (Wildman–Crippen MR) is 63.5 cm³/mol. The first-order valence-corrected chi connectivity index (χ1v) is 6.59. The largest absolute Gasteiger partial charge is 0.424 e. The molecule has 0 spiro atoms. The van der Waals surface area contributed by atoms with E-state index in [1.807, 2.05) is 6.92 Å². The van der Waals surface area contributed by atoms with E-state index in [-0.39, 0.29) is 0 Å². The molecule has 3 rings (SSSR count). The molecule has 94 valence electrons. The molecule has 2 saturated heterocycles. The molecule has 17 heavy (non-hydrogen) atoms. The highest BCUT2D eigenvalue weighted by molar-refractivity contribution is 4.94. The molecule has 5 nitrogen and oxygen atoms in total. The third kappa shape index (κ3) is 2.35. The van der Waals surface area contributed by atoms with E-state index in [2.05, 4.69) is 20.4 Å². The maximum Gasteiger partial charge on any atom is 0.230 e. The molecule has 0 saturated carbocycles. The molecule has 2 aliphatic heterocycles. The predicted octanol–water partition coefficient (Wildman–Crippen LogP) is 1.09. The van der Waals surface area contributed by atoms with E-state index < -0.39 is 0 Å². The number of fused-ring (bicyclic) bond motifs is 1. The average Bonchev–Trinajstić information content (AvgIpc) is 2.93. The Morgan fingerprint density at radius 1 is 1.29 bits per heavy atom. The summed E-state index contributed by atoms with van der Waals surface area (Å²) in [5.41, 5.74) is 0. The fourth-order valence-corrected chi connectivity index (χ4v) is 3.11. The Labute approximate surface area is 102 Å². The normalized spacial score (nSPS) is 29.5. The van der Waals surface area contributed by atoms with E-state index in [4.69, 9.17) is 4.42 Å². The summed E-state index contributed by atoms with van der Waals surface area (Å²) < 4.78 is 5.38. The number of aryl methyl sites for hydroxylation is 1. The Balaban J connectivity index is 1.55. The van der Waals surface area contributed by atoms with Crippen molar-refractivity contribution in [3.8, 4) is 0 Å². The molecule has 0 aromatic carbocycles. The number of nitrogens with zero attached hydrogens (tertiary/aromatic N) is 3. The summed E-state index contributed by atoms with van der Waals surface area (Å²) in [6.45, 7) is 5.05. The monoisotopic (exact) mass is 236 g/mol. The highest BCUT2D eigenvalue weighted by Gasteiger charge is 2.35. The molecule has 5 heteroatoms.